The van der Waals surface area contributed by atoms with Gasteiger partial charge in [0.25, 0.3) is 0 Å². The fraction of sp³-hybridized carbons (Fsp3) is 0.556. The fourth-order valence-corrected chi connectivity index (χ4v) is 3.64. The number of carbonyl (C=O) groups excluding carboxylic acids is 2. The van der Waals surface area contributed by atoms with Crippen LogP contribution in [0, 0.1) is 0 Å². The number of ether oxygens (including phenoxy) is 2. The molecule has 0 fully saturated rings. The molecule has 7 nitrogen and oxygen atoms in total. The van der Waals surface area contributed by atoms with E-state index in [0.717, 1.165) is 6.42 Å². The first kappa shape index (κ1) is 22.1. The summed E-state index contributed by atoms with van der Waals surface area (Å²) >= 11 is 0. The summed E-state index contributed by atoms with van der Waals surface area (Å²) in [7, 11) is -2.35. The van der Waals surface area contributed by atoms with E-state index in [-0.39, 0.29) is 18.1 Å². The monoisotopic (exact) mass is 385 g/mol. The summed E-state index contributed by atoms with van der Waals surface area (Å²) < 4.78 is 36.4. The molecule has 0 aliphatic heterocycles. The maximum Gasteiger partial charge on any atom is 0.324 e. The second kappa shape index (κ2) is 10.9. The SMILES string of the molecule is CCCCS(=O)(=O)N[C@@H](Cc1ccc(OC(=O)CCC)cc1)C(=O)OC. The first-order chi connectivity index (χ1) is 12.3. The number of esters is 2. The van der Waals surface area contributed by atoms with Crippen molar-refractivity contribution in [1.82, 2.24) is 4.72 Å². The topological polar surface area (TPSA) is 98.8 Å². The van der Waals surface area contributed by atoms with Gasteiger partial charge in [0.2, 0.25) is 10.0 Å². The van der Waals surface area contributed by atoms with E-state index in [1.165, 1.54) is 7.11 Å². The number of hydrogen-bond acceptors (Lipinski definition) is 6. The minimum atomic E-state index is -3.57. The lowest BCUT2D eigenvalue weighted by atomic mass is 10.1. The van der Waals surface area contributed by atoms with Crippen LogP contribution in [-0.4, -0.2) is 39.3 Å². The van der Waals surface area contributed by atoms with E-state index in [9.17, 15) is 18.0 Å². The number of benzene rings is 1. The molecule has 1 N–H and O–H groups in total. The molecule has 0 aromatic heterocycles. The minimum Gasteiger partial charge on any atom is -0.468 e. The standard InChI is InChI=1S/C18H27NO6S/c1-4-6-12-26(22,23)19-16(18(21)24-3)13-14-8-10-15(11-9-14)25-17(20)7-5-2/h8-11,16,19H,4-7,12-13H2,1-3H3/t16-/m0/s1. The highest BCUT2D eigenvalue weighted by Gasteiger charge is 2.25. The predicted octanol–water partition coefficient (Wildman–Crippen LogP) is 2.20. The zero-order chi connectivity index (χ0) is 19.6. The first-order valence-corrected chi connectivity index (χ1v) is 10.3. The van der Waals surface area contributed by atoms with Gasteiger partial charge in [-0.3, -0.25) is 9.59 Å². The normalized spacial score (nSPS) is 12.4. The van der Waals surface area contributed by atoms with Crippen molar-refractivity contribution in [2.24, 2.45) is 0 Å². The molecule has 0 unspecified atom stereocenters. The van der Waals surface area contributed by atoms with Crippen LogP contribution in [0.25, 0.3) is 0 Å². The Balaban J connectivity index is 2.79. The molecule has 1 aromatic rings. The van der Waals surface area contributed by atoms with Crippen molar-refractivity contribution in [3.8, 4) is 5.75 Å². The van der Waals surface area contributed by atoms with Crippen LogP contribution in [0.3, 0.4) is 0 Å². The van der Waals surface area contributed by atoms with Gasteiger partial charge in [-0.25, -0.2) is 13.1 Å². The van der Waals surface area contributed by atoms with E-state index in [1.54, 1.807) is 24.3 Å². The summed E-state index contributed by atoms with van der Waals surface area (Å²) in [5.74, 6) is -0.589. The van der Waals surface area contributed by atoms with Crippen LogP contribution in [0.15, 0.2) is 24.3 Å². The highest BCUT2D eigenvalue weighted by molar-refractivity contribution is 7.89. The zero-order valence-electron chi connectivity index (χ0n) is 15.5. The Bertz CT molecular complexity index is 684. The predicted molar refractivity (Wildman–Crippen MR) is 98.3 cm³/mol. The van der Waals surface area contributed by atoms with Gasteiger partial charge in [0, 0.05) is 6.42 Å². The Morgan fingerprint density at radius 3 is 2.31 bits per heavy atom. The molecule has 0 spiro atoms. The number of nitrogens with one attached hydrogen (secondary N) is 1. The molecule has 0 saturated heterocycles. The Morgan fingerprint density at radius 1 is 1.12 bits per heavy atom. The second-order valence-electron chi connectivity index (χ2n) is 5.94. The van der Waals surface area contributed by atoms with Crippen molar-refractivity contribution < 1.29 is 27.5 Å². The smallest absolute Gasteiger partial charge is 0.324 e. The lowest BCUT2D eigenvalue weighted by Crippen LogP contribution is -2.43. The number of sulfonamides is 1. The Labute approximate surface area is 155 Å². The van der Waals surface area contributed by atoms with E-state index in [4.69, 9.17) is 9.47 Å². The van der Waals surface area contributed by atoms with E-state index >= 15 is 0 Å². The van der Waals surface area contributed by atoms with Gasteiger partial charge >= 0.3 is 11.9 Å². The average molecular weight is 385 g/mol. The van der Waals surface area contributed by atoms with E-state index < -0.39 is 22.0 Å². The quantitative estimate of drug-likeness (QED) is 0.463. The van der Waals surface area contributed by atoms with Crippen LogP contribution < -0.4 is 9.46 Å². The average Bonchev–Trinajstić information content (AvgIpc) is 2.60. The third kappa shape index (κ3) is 7.97. The van der Waals surface area contributed by atoms with E-state index in [1.807, 2.05) is 13.8 Å². The summed E-state index contributed by atoms with van der Waals surface area (Å²) in [5, 5.41) is 0. The fourth-order valence-electron chi connectivity index (χ4n) is 2.24. The summed E-state index contributed by atoms with van der Waals surface area (Å²) in [5.41, 5.74) is 0.717. The van der Waals surface area contributed by atoms with Gasteiger partial charge in [-0.15, -0.1) is 0 Å². The largest absolute Gasteiger partial charge is 0.468 e. The molecule has 1 aromatic carbocycles. The Kier molecular flexibility index (Phi) is 9.29. The third-order valence-electron chi connectivity index (χ3n) is 3.62. The van der Waals surface area contributed by atoms with Gasteiger partial charge in [-0.05, 0) is 37.0 Å². The lowest BCUT2D eigenvalue weighted by Gasteiger charge is -2.17. The van der Waals surface area contributed by atoms with Crippen LogP contribution in [-0.2, 0) is 30.8 Å². The van der Waals surface area contributed by atoms with Gasteiger partial charge in [0.05, 0.1) is 12.9 Å². The molecular weight excluding hydrogens is 358 g/mol. The molecule has 0 radical (unpaired) electrons. The van der Waals surface area contributed by atoms with Crippen molar-refractivity contribution in [1.29, 1.82) is 0 Å². The molecule has 0 bridgehead atoms. The number of hydrogen-bond donors (Lipinski definition) is 1. The van der Waals surface area contributed by atoms with Gasteiger partial charge < -0.3 is 9.47 Å². The summed E-state index contributed by atoms with van der Waals surface area (Å²) in [6, 6.07) is 5.59. The molecule has 0 heterocycles. The zero-order valence-corrected chi connectivity index (χ0v) is 16.3. The van der Waals surface area contributed by atoms with Gasteiger partial charge in [0.15, 0.2) is 0 Å². The molecule has 0 aliphatic rings. The number of carbonyl (C=O) groups is 2. The number of rotatable bonds is 11. The van der Waals surface area contributed by atoms with Crippen LogP contribution in [0.2, 0.25) is 0 Å². The molecule has 26 heavy (non-hydrogen) atoms. The van der Waals surface area contributed by atoms with Gasteiger partial charge in [-0.1, -0.05) is 32.4 Å². The molecular formula is C18H27NO6S. The van der Waals surface area contributed by atoms with Crippen LogP contribution >= 0.6 is 0 Å². The molecule has 1 rings (SSSR count). The van der Waals surface area contributed by atoms with Gasteiger partial charge in [0.1, 0.15) is 11.8 Å². The van der Waals surface area contributed by atoms with Crippen molar-refractivity contribution in [3.05, 3.63) is 29.8 Å². The molecule has 8 heteroatoms. The number of methoxy groups -OCH3 is 1. The van der Waals surface area contributed by atoms with Crippen LogP contribution in [0.5, 0.6) is 5.75 Å². The van der Waals surface area contributed by atoms with Gasteiger partial charge in [-0.2, -0.15) is 0 Å². The summed E-state index contributed by atoms with van der Waals surface area (Å²) in [4.78, 5) is 23.4. The minimum absolute atomic E-state index is 0.0384. The van der Waals surface area contributed by atoms with E-state index in [2.05, 4.69) is 4.72 Å². The molecule has 0 saturated carbocycles. The Hall–Kier alpha value is -1.93. The highest BCUT2D eigenvalue weighted by Crippen LogP contribution is 2.15. The van der Waals surface area contributed by atoms with Crippen molar-refractivity contribution in [2.75, 3.05) is 12.9 Å². The molecule has 146 valence electrons. The van der Waals surface area contributed by atoms with Crippen LogP contribution in [0.4, 0.5) is 0 Å². The molecule has 0 amide bonds. The maximum atomic E-state index is 12.1. The summed E-state index contributed by atoms with van der Waals surface area (Å²) in [6.45, 7) is 3.78. The third-order valence-corrected chi connectivity index (χ3v) is 5.09. The first-order valence-electron chi connectivity index (χ1n) is 8.68. The van der Waals surface area contributed by atoms with Crippen molar-refractivity contribution in [3.63, 3.8) is 0 Å². The maximum absolute atomic E-state index is 12.1. The molecule has 0 aliphatic carbocycles. The summed E-state index contributed by atoms with van der Waals surface area (Å²) in [6.07, 6.45) is 2.44. The van der Waals surface area contributed by atoms with Crippen molar-refractivity contribution in [2.45, 2.75) is 52.0 Å². The van der Waals surface area contributed by atoms with Crippen LogP contribution in [0.1, 0.15) is 45.1 Å². The number of unbranched alkanes of at least 4 members (excludes halogenated alkanes) is 1. The Morgan fingerprint density at radius 2 is 1.77 bits per heavy atom. The van der Waals surface area contributed by atoms with E-state index in [0.29, 0.717) is 30.6 Å². The second-order valence-corrected chi connectivity index (χ2v) is 7.81. The van der Waals surface area contributed by atoms with Crippen molar-refractivity contribution >= 4 is 22.0 Å². The molecule has 1 atom stereocenters. The lowest BCUT2D eigenvalue weighted by molar-refractivity contribution is -0.142. The highest BCUT2D eigenvalue weighted by atomic mass is 32.2.